The molecule has 1 fully saturated rings. The molecule has 0 aliphatic carbocycles. The molecule has 1 heterocycles. The maximum absolute atomic E-state index is 5.97. The number of hydrogen-bond donors (Lipinski definition) is 1. The molecule has 5 heteroatoms. The Kier molecular flexibility index (Phi) is 6.93. The normalized spacial score (nSPS) is 17.1. The molecule has 134 valence electrons. The molecule has 25 heavy (non-hydrogen) atoms. The highest BCUT2D eigenvalue weighted by Crippen LogP contribution is 2.37. The minimum absolute atomic E-state index is 0.187. The van der Waals surface area contributed by atoms with Gasteiger partial charge in [0.05, 0.1) is 12.6 Å². The van der Waals surface area contributed by atoms with Crippen LogP contribution in [0.2, 0.25) is 0 Å². The first kappa shape index (κ1) is 18.9. The molecule has 1 N–H and O–H groups in total. The van der Waals surface area contributed by atoms with E-state index in [9.17, 15) is 0 Å². The van der Waals surface area contributed by atoms with E-state index in [1.807, 2.05) is 6.92 Å². The third-order valence-electron chi connectivity index (χ3n) is 4.49. The Morgan fingerprint density at radius 1 is 1.04 bits per heavy atom. The average molecular weight is 468 g/mol. The van der Waals surface area contributed by atoms with Gasteiger partial charge in [-0.05, 0) is 55.8 Å². The van der Waals surface area contributed by atoms with Crippen molar-refractivity contribution < 1.29 is 4.74 Å². The maximum Gasteiger partial charge on any atom is 0.124 e. The molecule has 0 bridgehead atoms. The van der Waals surface area contributed by atoms with Crippen molar-refractivity contribution in [3.05, 3.63) is 62.5 Å². The highest BCUT2D eigenvalue weighted by Gasteiger charge is 2.26. The first-order valence-corrected chi connectivity index (χ1v) is 10.4. The van der Waals surface area contributed by atoms with E-state index in [4.69, 9.17) is 4.74 Å². The zero-order valence-electron chi connectivity index (χ0n) is 14.5. The summed E-state index contributed by atoms with van der Waals surface area (Å²) < 4.78 is 8.16. The van der Waals surface area contributed by atoms with Crippen molar-refractivity contribution in [2.45, 2.75) is 19.4 Å². The minimum Gasteiger partial charge on any atom is -0.494 e. The van der Waals surface area contributed by atoms with E-state index in [0.717, 1.165) is 47.3 Å². The van der Waals surface area contributed by atoms with Gasteiger partial charge in [0.2, 0.25) is 0 Å². The van der Waals surface area contributed by atoms with Crippen LogP contribution in [0.3, 0.4) is 0 Å². The van der Waals surface area contributed by atoms with Gasteiger partial charge in [0.1, 0.15) is 5.75 Å². The van der Waals surface area contributed by atoms with E-state index < -0.39 is 0 Å². The van der Waals surface area contributed by atoms with E-state index in [-0.39, 0.29) is 6.04 Å². The van der Waals surface area contributed by atoms with Gasteiger partial charge in [0, 0.05) is 34.1 Å². The van der Waals surface area contributed by atoms with E-state index >= 15 is 0 Å². The first-order valence-electron chi connectivity index (χ1n) is 8.81. The minimum atomic E-state index is 0.187. The van der Waals surface area contributed by atoms with Crippen LogP contribution < -0.4 is 10.1 Å². The van der Waals surface area contributed by atoms with Crippen LogP contribution in [0.15, 0.2) is 51.4 Å². The van der Waals surface area contributed by atoms with Crippen molar-refractivity contribution in [1.29, 1.82) is 0 Å². The molecule has 1 unspecified atom stereocenters. The molecule has 1 aliphatic heterocycles. The van der Waals surface area contributed by atoms with E-state index in [0.29, 0.717) is 6.61 Å². The van der Waals surface area contributed by atoms with Crippen LogP contribution in [0.4, 0.5) is 0 Å². The molecule has 2 aromatic carbocycles. The van der Waals surface area contributed by atoms with Gasteiger partial charge < -0.3 is 10.1 Å². The summed E-state index contributed by atoms with van der Waals surface area (Å²) in [5.41, 5.74) is 2.52. The van der Waals surface area contributed by atoms with Crippen molar-refractivity contribution >= 4 is 31.9 Å². The Morgan fingerprint density at radius 3 is 2.56 bits per heavy atom. The largest absolute Gasteiger partial charge is 0.494 e. The Morgan fingerprint density at radius 2 is 1.80 bits per heavy atom. The van der Waals surface area contributed by atoms with Gasteiger partial charge in [-0.15, -0.1) is 0 Å². The molecule has 3 nitrogen and oxygen atoms in total. The van der Waals surface area contributed by atoms with Crippen molar-refractivity contribution in [3.8, 4) is 5.75 Å². The summed E-state index contributed by atoms with van der Waals surface area (Å²) in [7, 11) is 0. The summed E-state index contributed by atoms with van der Waals surface area (Å²) >= 11 is 7.20. The third kappa shape index (κ3) is 4.85. The van der Waals surface area contributed by atoms with Crippen LogP contribution in [-0.2, 0) is 0 Å². The fourth-order valence-electron chi connectivity index (χ4n) is 3.38. The molecular weight excluding hydrogens is 444 g/mol. The third-order valence-corrected chi connectivity index (χ3v) is 5.51. The summed E-state index contributed by atoms with van der Waals surface area (Å²) in [6.07, 6.45) is 1.16. The van der Waals surface area contributed by atoms with Gasteiger partial charge in [0.25, 0.3) is 0 Å². The summed E-state index contributed by atoms with van der Waals surface area (Å²) in [4.78, 5) is 2.56. The second kappa shape index (κ2) is 9.17. The van der Waals surface area contributed by atoms with Gasteiger partial charge in [0.15, 0.2) is 0 Å². The molecule has 0 aromatic heterocycles. The standard InChI is InChI=1S/C20H24Br2N2O/c1-2-25-19-9-8-17(22)14-18(19)20(15-4-6-16(21)7-5-15)24-12-3-10-23-11-13-24/h4-9,14,20,23H,2-3,10-13H2,1H3. The Hall–Kier alpha value is -0.880. The van der Waals surface area contributed by atoms with E-state index in [1.165, 1.54) is 11.1 Å². The molecule has 2 aromatic rings. The molecule has 1 atom stereocenters. The zero-order valence-corrected chi connectivity index (χ0v) is 17.6. The Labute approximate surface area is 167 Å². The van der Waals surface area contributed by atoms with E-state index in [1.54, 1.807) is 0 Å². The highest BCUT2D eigenvalue weighted by atomic mass is 79.9. The SMILES string of the molecule is CCOc1ccc(Br)cc1C(c1ccc(Br)cc1)N1CCCNCC1. The lowest BCUT2D eigenvalue weighted by Crippen LogP contribution is -2.33. The number of nitrogens with zero attached hydrogens (tertiary/aromatic N) is 1. The monoisotopic (exact) mass is 466 g/mol. The van der Waals surface area contributed by atoms with Gasteiger partial charge >= 0.3 is 0 Å². The fraction of sp³-hybridized carbons (Fsp3) is 0.400. The lowest BCUT2D eigenvalue weighted by atomic mass is 9.96. The Balaban J connectivity index is 2.06. The number of halogens is 2. The smallest absolute Gasteiger partial charge is 0.124 e. The predicted molar refractivity (Wildman–Crippen MR) is 110 cm³/mol. The van der Waals surface area contributed by atoms with Crippen LogP contribution in [-0.4, -0.2) is 37.7 Å². The van der Waals surface area contributed by atoms with Crippen molar-refractivity contribution in [2.24, 2.45) is 0 Å². The summed E-state index contributed by atoms with van der Waals surface area (Å²) in [5, 5.41) is 3.51. The molecule has 0 spiro atoms. The van der Waals surface area contributed by atoms with Crippen LogP contribution in [0, 0.1) is 0 Å². The molecule has 0 saturated carbocycles. The number of ether oxygens (including phenoxy) is 1. The van der Waals surface area contributed by atoms with Crippen LogP contribution in [0.25, 0.3) is 0 Å². The maximum atomic E-state index is 5.97. The summed E-state index contributed by atoms with van der Waals surface area (Å²) in [6, 6.07) is 15.2. The van der Waals surface area contributed by atoms with Crippen molar-refractivity contribution in [2.75, 3.05) is 32.8 Å². The first-order chi connectivity index (χ1) is 12.2. The molecule has 0 amide bonds. The van der Waals surface area contributed by atoms with Gasteiger partial charge in [-0.2, -0.15) is 0 Å². The lowest BCUT2D eigenvalue weighted by Gasteiger charge is -2.32. The quantitative estimate of drug-likeness (QED) is 0.669. The predicted octanol–water partition coefficient (Wildman–Crippen LogP) is 5.00. The molecular formula is C20H24Br2N2O. The lowest BCUT2D eigenvalue weighted by molar-refractivity contribution is 0.233. The van der Waals surface area contributed by atoms with Crippen molar-refractivity contribution in [3.63, 3.8) is 0 Å². The number of nitrogens with one attached hydrogen (secondary N) is 1. The van der Waals surface area contributed by atoms with Gasteiger partial charge in [-0.3, -0.25) is 4.90 Å². The molecule has 3 rings (SSSR count). The van der Waals surface area contributed by atoms with Crippen LogP contribution in [0.5, 0.6) is 5.75 Å². The molecule has 1 saturated heterocycles. The molecule has 0 radical (unpaired) electrons. The second-order valence-corrected chi connectivity index (χ2v) is 8.04. The molecule has 1 aliphatic rings. The second-order valence-electron chi connectivity index (χ2n) is 6.21. The van der Waals surface area contributed by atoms with Crippen LogP contribution >= 0.6 is 31.9 Å². The highest BCUT2D eigenvalue weighted by molar-refractivity contribution is 9.10. The fourth-order valence-corrected chi connectivity index (χ4v) is 4.02. The van der Waals surface area contributed by atoms with E-state index in [2.05, 4.69) is 84.5 Å². The average Bonchev–Trinajstić information content (AvgIpc) is 2.89. The van der Waals surface area contributed by atoms with Gasteiger partial charge in [-0.25, -0.2) is 0 Å². The van der Waals surface area contributed by atoms with Crippen molar-refractivity contribution in [1.82, 2.24) is 10.2 Å². The zero-order chi connectivity index (χ0) is 17.6. The van der Waals surface area contributed by atoms with Crippen LogP contribution in [0.1, 0.15) is 30.5 Å². The topological polar surface area (TPSA) is 24.5 Å². The number of rotatable bonds is 5. The summed E-state index contributed by atoms with van der Waals surface area (Å²) in [6.45, 7) is 6.91. The number of benzene rings is 2. The van der Waals surface area contributed by atoms with Gasteiger partial charge in [-0.1, -0.05) is 44.0 Å². The summed E-state index contributed by atoms with van der Waals surface area (Å²) in [5.74, 6) is 0.968. The number of hydrogen-bond acceptors (Lipinski definition) is 3. The Bertz CT molecular complexity index is 683.